The summed E-state index contributed by atoms with van der Waals surface area (Å²) in [5.41, 5.74) is 6.07. The Hall–Kier alpha value is -2.48. The van der Waals surface area contributed by atoms with Crippen molar-refractivity contribution in [2.45, 2.75) is 58.4 Å². The summed E-state index contributed by atoms with van der Waals surface area (Å²) >= 11 is 5.04. The molecule has 1 atom stereocenters. The Morgan fingerprint density at radius 3 is 2.55 bits per heavy atom. The summed E-state index contributed by atoms with van der Waals surface area (Å²) in [5.74, 6) is -0.980. The van der Waals surface area contributed by atoms with E-state index in [1.165, 1.54) is 6.42 Å². The van der Waals surface area contributed by atoms with Crippen molar-refractivity contribution in [1.82, 2.24) is 21.1 Å². The van der Waals surface area contributed by atoms with Gasteiger partial charge in [-0.25, -0.2) is 0 Å². The number of hydrogen-bond acceptors (Lipinski definition) is 4. The Kier molecular flexibility index (Phi) is 9.56. The van der Waals surface area contributed by atoms with Crippen LogP contribution in [0.5, 0.6) is 0 Å². The molecule has 7 nitrogen and oxygen atoms in total. The van der Waals surface area contributed by atoms with Crippen molar-refractivity contribution in [2.75, 3.05) is 6.54 Å². The SMILES string of the molecule is CCCCCCCC(=O)NC(=S)NNC(=O)C1CC(=O)N(Cc2ccccc2)C1. The quantitative estimate of drug-likeness (QED) is 0.326. The molecule has 0 spiro atoms. The molecular formula is C21H30N4O3S. The van der Waals surface area contributed by atoms with Crippen LogP contribution in [0.2, 0.25) is 0 Å². The minimum atomic E-state index is -0.448. The van der Waals surface area contributed by atoms with E-state index in [1.807, 2.05) is 30.3 Å². The molecule has 0 aromatic heterocycles. The Balaban J connectivity index is 1.66. The molecule has 0 radical (unpaired) electrons. The number of amides is 3. The van der Waals surface area contributed by atoms with Gasteiger partial charge in [0.25, 0.3) is 0 Å². The second kappa shape index (κ2) is 12.2. The third-order valence-corrected chi connectivity index (χ3v) is 5.07. The van der Waals surface area contributed by atoms with Gasteiger partial charge in [-0.2, -0.15) is 0 Å². The van der Waals surface area contributed by atoms with E-state index in [-0.39, 0.29) is 29.3 Å². The fourth-order valence-corrected chi connectivity index (χ4v) is 3.40. The van der Waals surface area contributed by atoms with Gasteiger partial charge in [0, 0.05) is 25.9 Å². The van der Waals surface area contributed by atoms with Crippen LogP contribution in [0.4, 0.5) is 0 Å². The number of hydrazine groups is 1. The van der Waals surface area contributed by atoms with E-state index < -0.39 is 5.92 Å². The van der Waals surface area contributed by atoms with Gasteiger partial charge in [0.2, 0.25) is 17.7 Å². The highest BCUT2D eigenvalue weighted by atomic mass is 32.1. The summed E-state index contributed by atoms with van der Waals surface area (Å²) in [6, 6.07) is 9.67. The maximum Gasteiger partial charge on any atom is 0.243 e. The Labute approximate surface area is 177 Å². The first-order valence-electron chi connectivity index (χ1n) is 10.2. The van der Waals surface area contributed by atoms with Crippen LogP contribution in [-0.2, 0) is 20.9 Å². The summed E-state index contributed by atoms with van der Waals surface area (Å²) in [7, 11) is 0. The van der Waals surface area contributed by atoms with Gasteiger partial charge in [0.1, 0.15) is 0 Å². The zero-order chi connectivity index (χ0) is 21.1. The number of carbonyl (C=O) groups excluding carboxylic acids is 3. The molecule has 1 aromatic rings. The van der Waals surface area contributed by atoms with Crippen LogP contribution >= 0.6 is 12.2 Å². The molecule has 1 heterocycles. The molecule has 158 valence electrons. The predicted molar refractivity (Wildman–Crippen MR) is 115 cm³/mol. The van der Waals surface area contributed by atoms with Crippen LogP contribution < -0.4 is 16.2 Å². The minimum absolute atomic E-state index is 0.0482. The maximum absolute atomic E-state index is 12.3. The number of nitrogens with one attached hydrogen (secondary N) is 3. The molecule has 2 rings (SSSR count). The van der Waals surface area contributed by atoms with Crippen molar-refractivity contribution >= 4 is 35.1 Å². The number of thiocarbonyl (C=S) groups is 1. The zero-order valence-electron chi connectivity index (χ0n) is 16.9. The molecule has 1 aliphatic heterocycles. The molecule has 0 aliphatic carbocycles. The Morgan fingerprint density at radius 2 is 1.83 bits per heavy atom. The predicted octanol–water partition coefficient (Wildman–Crippen LogP) is 2.42. The summed E-state index contributed by atoms with van der Waals surface area (Å²) in [6.45, 7) is 3.00. The molecule has 1 saturated heterocycles. The molecule has 1 aliphatic rings. The Bertz CT molecular complexity index is 711. The second-order valence-corrected chi connectivity index (χ2v) is 7.72. The third kappa shape index (κ3) is 8.19. The van der Waals surface area contributed by atoms with Gasteiger partial charge < -0.3 is 10.2 Å². The van der Waals surface area contributed by atoms with Crippen molar-refractivity contribution in [2.24, 2.45) is 5.92 Å². The van der Waals surface area contributed by atoms with Gasteiger partial charge in [0.15, 0.2) is 5.11 Å². The lowest BCUT2D eigenvalue weighted by Crippen LogP contribution is -2.50. The molecule has 0 bridgehead atoms. The number of benzene rings is 1. The first-order chi connectivity index (χ1) is 14.0. The first-order valence-corrected chi connectivity index (χ1v) is 10.6. The molecule has 3 N–H and O–H groups in total. The van der Waals surface area contributed by atoms with E-state index in [4.69, 9.17) is 12.2 Å². The Morgan fingerprint density at radius 1 is 1.10 bits per heavy atom. The highest BCUT2D eigenvalue weighted by molar-refractivity contribution is 7.80. The normalized spacial score (nSPS) is 15.8. The van der Waals surface area contributed by atoms with Gasteiger partial charge in [0.05, 0.1) is 5.92 Å². The fourth-order valence-electron chi connectivity index (χ4n) is 3.23. The molecule has 29 heavy (non-hydrogen) atoms. The lowest BCUT2D eigenvalue weighted by molar-refractivity contribution is -0.129. The summed E-state index contributed by atoms with van der Waals surface area (Å²) < 4.78 is 0. The summed E-state index contributed by atoms with van der Waals surface area (Å²) in [5, 5.41) is 2.61. The lowest BCUT2D eigenvalue weighted by atomic mass is 10.1. The van der Waals surface area contributed by atoms with Crippen molar-refractivity contribution < 1.29 is 14.4 Å². The van der Waals surface area contributed by atoms with Crippen LogP contribution in [0.15, 0.2) is 30.3 Å². The number of hydrogen-bond donors (Lipinski definition) is 3. The van der Waals surface area contributed by atoms with Crippen molar-refractivity contribution in [1.29, 1.82) is 0 Å². The van der Waals surface area contributed by atoms with Gasteiger partial charge in [-0.15, -0.1) is 0 Å². The van der Waals surface area contributed by atoms with Gasteiger partial charge in [-0.05, 0) is 24.2 Å². The van der Waals surface area contributed by atoms with Gasteiger partial charge in [-0.3, -0.25) is 25.2 Å². The smallest absolute Gasteiger partial charge is 0.243 e. The van der Waals surface area contributed by atoms with E-state index in [0.717, 1.165) is 31.2 Å². The average molecular weight is 419 g/mol. The monoisotopic (exact) mass is 418 g/mol. The second-order valence-electron chi connectivity index (χ2n) is 7.32. The van der Waals surface area contributed by atoms with Gasteiger partial charge in [-0.1, -0.05) is 62.9 Å². The standard InChI is InChI=1S/C21H30N4O3S/c1-2-3-4-5-9-12-18(26)22-21(29)24-23-20(28)17-13-19(27)25(15-17)14-16-10-7-6-8-11-16/h6-8,10-11,17H,2-5,9,12-15H2,1H3,(H,23,28)(H2,22,24,26,29). The van der Waals surface area contributed by atoms with Crippen molar-refractivity contribution in [3.05, 3.63) is 35.9 Å². The van der Waals surface area contributed by atoms with Crippen molar-refractivity contribution in [3.63, 3.8) is 0 Å². The van der Waals surface area contributed by atoms with Crippen LogP contribution in [-0.4, -0.2) is 34.3 Å². The van der Waals surface area contributed by atoms with E-state index >= 15 is 0 Å². The number of nitrogens with zero attached hydrogens (tertiary/aromatic N) is 1. The zero-order valence-corrected chi connectivity index (χ0v) is 17.7. The van der Waals surface area contributed by atoms with Crippen LogP contribution in [0, 0.1) is 5.92 Å². The van der Waals surface area contributed by atoms with E-state index in [9.17, 15) is 14.4 Å². The summed E-state index contributed by atoms with van der Waals surface area (Å²) in [6.07, 6.45) is 5.89. The van der Waals surface area contributed by atoms with E-state index in [1.54, 1.807) is 4.90 Å². The molecule has 0 saturated carbocycles. The number of likely N-dealkylation sites (tertiary alicyclic amines) is 1. The van der Waals surface area contributed by atoms with Crippen LogP contribution in [0.25, 0.3) is 0 Å². The maximum atomic E-state index is 12.3. The van der Waals surface area contributed by atoms with E-state index in [0.29, 0.717) is 19.5 Å². The average Bonchev–Trinajstić information content (AvgIpc) is 3.07. The van der Waals surface area contributed by atoms with Gasteiger partial charge >= 0.3 is 0 Å². The largest absolute Gasteiger partial charge is 0.338 e. The summed E-state index contributed by atoms with van der Waals surface area (Å²) in [4.78, 5) is 38.0. The highest BCUT2D eigenvalue weighted by Crippen LogP contribution is 2.20. The van der Waals surface area contributed by atoms with Crippen molar-refractivity contribution in [3.8, 4) is 0 Å². The number of carbonyl (C=O) groups is 3. The number of rotatable bonds is 9. The molecule has 1 aromatic carbocycles. The highest BCUT2D eigenvalue weighted by Gasteiger charge is 2.34. The first kappa shape index (κ1) is 22.8. The molecule has 1 unspecified atom stereocenters. The van der Waals surface area contributed by atoms with E-state index in [2.05, 4.69) is 23.1 Å². The lowest BCUT2D eigenvalue weighted by Gasteiger charge is -2.17. The van der Waals surface area contributed by atoms with Crippen LogP contribution in [0.1, 0.15) is 57.4 Å². The third-order valence-electron chi connectivity index (χ3n) is 4.86. The molecule has 8 heteroatoms. The topological polar surface area (TPSA) is 90.5 Å². The fraction of sp³-hybridized carbons (Fsp3) is 0.524. The van der Waals surface area contributed by atoms with Crippen LogP contribution in [0.3, 0.4) is 0 Å². The number of unbranched alkanes of at least 4 members (excludes halogenated alkanes) is 4. The molecule has 1 fully saturated rings. The minimum Gasteiger partial charge on any atom is -0.338 e. The molecule has 3 amide bonds. The molecular weight excluding hydrogens is 388 g/mol.